The molecule has 1 aliphatic heterocycles. The third-order valence-electron chi connectivity index (χ3n) is 5.74. The zero-order valence-corrected chi connectivity index (χ0v) is 22.1. The molecule has 1 heterocycles. The Morgan fingerprint density at radius 1 is 0.919 bits per heavy atom. The summed E-state index contributed by atoms with van der Waals surface area (Å²) in [5.74, 6) is 0.443. The van der Waals surface area contributed by atoms with Crippen molar-refractivity contribution in [1.29, 1.82) is 0 Å². The Kier molecular flexibility index (Phi) is 7.42. The number of thioether (sulfide) groups is 1. The Balaban J connectivity index is 1.42. The van der Waals surface area contributed by atoms with E-state index >= 15 is 0 Å². The molecule has 5 nitrogen and oxygen atoms in total. The van der Waals surface area contributed by atoms with Gasteiger partial charge in [0.1, 0.15) is 6.61 Å². The molecular weight excluding hydrogens is 529 g/mol. The molecule has 5 rings (SSSR count). The average Bonchev–Trinajstić information content (AvgIpc) is 3.16. The number of anilines is 1. The molecular formula is C29H21Cl2NO4S. The van der Waals surface area contributed by atoms with Crippen molar-refractivity contribution in [3.63, 3.8) is 0 Å². The summed E-state index contributed by atoms with van der Waals surface area (Å²) in [5, 5.41) is 2.61. The first-order chi connectivity index (χ1) is 17.9. The summed E-state index contributed by atoms with van der Waals surface area (Å²) in [6, 6.07) is 24.2. The van der Waals surface area contributed by atoms with Gasteiger partial charge in [-0.25, -0.2) is 4.90 Å². The van der Waals surface area contributed by atoms with Crippen molar-refractivity contribution < 1.29 is 19.1 Å². The molecule has 0 aromatic heterocycles. The Morgan fingerprint density at radius 3 is 2.51 bits per heavy atom. The number of halogens is 2. The highest BCUT2D eigenvalue weighted by Gasteiger charge is 2.36. The molecule has 2 amide bonds. The third-order valence-corrected chi connectivity index (χ3v) is 7.13. The molecule has 1 aliphatic rings. The van der Waals surface area contributed by atoms with Gasteiger partial charge < -0.3 is 9.47 Å². The highest BCUT2D eigenvalue weighted by molar-refractivity contribution is 8.19. The van der Waals surface area contributed by atoms with E-state index in [0.717, 1.165) is 33.0 Å². The second kappa shape index (κ2) is 10.9. The minimum Gasteiger partial charge on any atom is -0.490 e. The van der Waals surface area contributed by atoms with Gasteiger partial charge in [0.05, 0.1) is 22.2 Å². The highest BCUT2D eigenvalue weighted by Crippen LogP contribution is 2.41. The zero-order chi connectivity index (χ0) is 25.9. The molecule has 4 aromatic carbocycles. The normalized spacial score (nSPS) is 14.6. The van der Waals surface area contributed by atoms with Crippen LogP contribution < -0.4 is 14.4 Å². The maximum Gasteiger partial charge on any atom is 0.298 e. The summed E-state index contributed by atoms with van der Waals surface area (Å²) in [7, 11) is 0. The molecule has 0 saturated carbocycles. The molecule has 0 atom stereocenters. The number of rotatable bonds is 7. The minimum absolute atomic E-state index is 0.271. The first-order valence-electron chi connectivity index (χ1n) is 11.5. The summed E-state index contributed by atoms with van der Waals surface area (Å²) in [6.07, 6.45) is 1.62. The Hall–Kier alpha value is -3.45. The van der Waals surface area contributed by atoms with Crippen molar-refractivity contribution in [2.45, 2.75) is 13.5 Å². The smallest absolute Gasteiger partial charge is 0.298 e. The van der Waals surface area contributed by atoms with Crippen LogP contribution in [0.4, 0.5) is 10.5 Å². The van der Waals surface area contributed by atoms with Crippen LogP contribution >= 0.6 is 35.0 Å². The molecule has 8 heteroatoms. The van der Waals surface area contributed by atoms with Crippen molar-refractivity contribution >= 4 is 68.6 Å². The van der Waals surface area contributed by atoms with Gasteiger partial charge in [-0.3, -0.25) is 9.59 Å². The van der Waals surface area contributed by atoms with E-state index in [4.69, 9.17) is 32.7 Å². The van der Waals surface area contributed by atoms with Crippen LogP contribution in [0.5, 0.6) is 11.5 Å². The lowest BCUT2D eigenvalue weighted by Gasteiger charge is -2.15. The summed E-state index contributed by atoms with van der Waals surface area (Å²) in [4.78, 5) is 27.0. The van der Waals surface area contributed by atoms with Crippen LogP contribution in [-0.4, -0.2) is 17.8 Å². The number of ether oxygens (including phenoxy) is 2. The van der Waals surface area contributed by atoms with E-state index in [0.29, 0.717) is 46.0 Å². The van der Waals surface area contributed by atoms with Gasteiger partial charge in [0.2, 0.25) is 0 Å². The number of hydrogen-bond acceptors (Lipinski definition) is 5. The lowest BCUT2D eigenvalue weighted by Crippen LogP contribution is -2.27. The fraction of sp³-hybridized carbons (Fsp3) is 0.103. The number of amides is 2. The number of nitrogens with zero attached hydrogens (tertiary/aromatic N) is 1. The van der Waals surface area contributed by atoms with Gasteiger partial charge in [-0.1, -0.05) is 71.7 Å². The number of carbonyl (C=O) groups excluding carboxylic acids is 2. The Bertz CT molecular complexity index is 1550. The van der Waals surface area contributed by atoms with Gasteiger partial charge in [0.15, 0.2) is 11.5 Å². The maximum absolute atomic E-state index is 13.0. The molecule has 0 unspecified atom stereocenters. The average molecular weight is 550 g/mol. The van der Waals surface area contributed by atoms with E-state index in [2.05, 4.69) is 18.2 Å². The number of hydrogen-bond donors (Lipinski definition) is 0. The standard InChI is InChI=1S/C29H21Cl2NO4S/c1-2-35-25-14-18(15-26-28(33)32(29(34)37-26)22-11-6-10-21(30)16-22)13-24(31)27(25)36-17-20-9-5-8-19-7-3-4-12-23(19)20/h3-16H,2,17H2,1H3/b26-15+. The number of fused-ring (bicyclic) bond motifs is 1. The Labute approximate surface area is 228 Å². The van der Waals surface area contributed by atoms with Gasteiger partial charge >= 0.3 is 0 Å². The van der Waals surface area contributed by atoms with Crippen molar-refractivity contribution in [1.82, 2.24) is 0 Å². The van der Waals surface area contributed by atoms with Gasteiger partial charge in [0, 0.05) is 5.02 Å². The lowest BCUT2D eigenvalue weighted by atomic mass is 10.1. The van der Waals surface area contributed by atoms with Crippen LogP contribution in [-0.2, 0) is 11.4 Å². The van der Waals surface area contributed by atoms with Crippen LogP contribution in [0.1, 0.15) is 18.1 Å². The predicted molar refractivity (Wildman–Crippen MR) is 151 cm³/mol. The second-order valence-corrected chi connectivity index (χ2v) is 10.0. The first kappa shape index (κ1) is 25.2. The Morgan fingerprint density at radius 2 is 1.70 bits per heavy atom. The van der Waals surface area contributed by atoms with Crippen LogP contribution in [0.15, 0.2) is 83.8 Å². The van der Waals surface area contributed by atoms with Crippen LogP contribution in [0.25, 0.3) is 16.8 Å². The SMILES string of the molecule is CCOc1cc(/C=C2/SC(=O)N(c3cccc(Cl)c3)C2=O)cc(Cl)c1OCc1cccc2ccccc12. The quantitative estimate of drug-likeness (QED) is 0.217. The van der Waals surface area contributed by atoms with E-state index in [-0.39, 0.29) is 4.91 Å². The first-order valence-corrected chi connectivity index (χ1v) is 13.1. The number of carbonyl (C=O) groups is 2. The highest BCUT2D eigenvalue weighted by atomic mass is 35.5. The van der Waals surface area contributed by atoms with E-state index in [9.17, 15) is 9.59 Å². The molecule has 1 saturated heterocycles. The number of benzene rings is 4. The lowest BCUT2D eigenvalue weighted by molar-refractivity contribution is -0.113. The molecule has 1 fully saturated rings. The van der Waals surface area contributed by atoms with Gasteiger partial charge in [-0.15, -0.1) is 0 Å². The van der Waals surface area contributed by atoms with E-state index in [1.54, 1.807) is 42.5 Å². The molecule has 0 radical (unpaired) electrons. The van der Waals surface area contributed by atoms with E-state index in [1.165, 1.54) is 0 Å². The topological polar surface area (TPSA) is 55.8 Å². The van der Waals surface area contributed by atoms with Crippen molar-refractivity contribution in [2.24, 2.45) is 0 Å². The van der Waals surface area contributed by atoms with Crippen molar-refractivity contribution in [2.75, 3.05) is 11.5 Å². The van der Waals surface area contributed by atoms with E-state index < -0.39 is 11.1 Å². The molecule has 4 aromatic rings. The summed E-state index contributed by atoms with van der Waals surface area (Å²) in [6.45, 7) is 2.57. The van der Waals surface area contributed by atoms with Crippen LogP contribution in [0.2, 0.25) is 10.0 Å². The van der Waals surface area contributed by atoms with Crippen LogP contribution in [0, 0.1) is 0 Å². The summed E-state index contributed by atoms with van der Waals surface area (Å²) in [5.41, 5.74) is 2.06. The zero-order valence-electron chi connectivity index (χ0n) is 19.7. The largest absolute Gasteiger partial charge is 0.490 e. The third kappa shape index (κ3) is 5.32. The van der Waals surface area contributed by atoms with Crippen LogP contribution in [0.3, 0.4) is 0 Å². The van der Waals surface area contributed by atoms with Gasteiger partial charge in [0.25, 0.3) is 11.1 Å². The summed E-state index contributed by atoms with van der Waals surface area (Å²) >= 11 is 13.5. The van der Waals surface area contributed by atoms with Crippen molar-refractivity contribution in [3.05, 3.63) is 105 Å². The number of imide groups is 1. The van der Waals surface area contributed by atoms with Crippen molar-refractivity contribution in [3.8, 4) is 11.5 Å². The molecule has 0 aliphatic carbocycles. The molecule has 0 bridgehead atoms. The predicted octanol–water partition coefficient (Wildman–Crippen LogP) is 8.37. The molecule has 0 spiro atoms. The van der Waals surface area contributed by atoms with Gasteiger partial charge in [-0.2, -0.15) is 0 Å². The molecule has 37 heavy (non-hydrogen) atoms. The fourth-order valence-corrected chi connectivity index (χ4v) is 5.40. The monoisotopic (exact) mass is 549 g/mol. The summed E-state index contributed by atoms with van der Waals surface area (Å²) < 4.78 is 12.0. The second-order valence-electron chi connectivity index (χ2n) is 8.19. The maximum atomic E-state index is 13.0. The minimum atomic E-state index is -0.428. The molecule has 0 N–H and O–H groups in total. The van der Waals surface area contributed by atoms with E-state index in [1.807, 2.05) is 31.2 Å². The van der Waals surface area contributed by atoms with Gasteiger partial charge in [-0.05, 0) is 77.0 Å². The fourth-order valence-electron chi connectivity index (χ4n) is 4.10. The molecule has 186 valence electrons.